The van der Waals surface area contributed by atoms with Crippen LogP contribution in [0.5, 0.6) is 0 Å². The zero-order chi connectivity index (χ0) is 7.98. The Bertz CT molecular complexity index is 151. The van der Waals surface area contributed by atoms with Gasteiger partial charge in [-0.1, -0.05) is 0 Å². The average molecular weight is 143 g/mol. The van der Waals surface area contributed by atoms with Crippen molar-refractivity contribution in [3.05, 3.63) is 0 Å². The summed E-state index contributed by atoms with van der Waals surface area (Å²) in [6.07, 6.45) is -0.873. The molecule has 10 heavy (non-hydrogen) atoms. The maximum Gasteiger partial charge on any atom is 0.234 e. The van der Waals surface area contributed by atoms with Crippen LogP contribution in [0.1, 0.15) is 12.8 Å². The van der Waals surface area contributed by atoms with Crippen molar-refractivity contribution in [1.29, 1.82) is 5.26 Å². The van der Waals surface area contributed by atoms with E-state index in [0.29, 0.717) is 0 Å². The summed E-state index contributed by atoms with van der Waals surface area (Å²) >= 11 is 0. The zero-order valence-electron chi connectivity index (χ0n) is 5.37. The number of aliphatic hydroxyl groups is 1. The van der Waals surface area contributed by atoms with E-state index in [4.69, 9.17) is 16.2 Å². The monoisotopic (exact) mass is 143 g/mol. The molecule has 0 aliphatic rings. The molecule has 0 aliphatic heterocycles. The third kappa shape index (κ3) is 3.83. The van der Waals surface area contributed by atoms with Crippen LogP contribution in [0.15, 0.2) is 0 Å². The Morgan fingerprint density at radius 1 is 1.90 bits per heavy atom. The number of carbonyl (C=O) groups excluding carboxylic acids is 1. The Kier molecular flexibility index (Phi) is 4.20. The number of hydrazine groups is 1. The van der Waals surface area contributed by atoms with E-state index in [1.54, 1.807) is 6.07 Å². The third-order valence-corrected chi connectivity index (χ3v) is 0.955. The molecule has 0 heterocycles. The summed E-state index contributed by atoms with van der Waals surface area (Å²) in [5, 5.41) is 16.7. The van der Waals surface area contributed by atoms with E-state index in [1.807, 2.05) is 5.43 Å². The second-order valence-corrected chi connectivity index (χ2v) is 1.75. The van der Waals surface area contributed by atoms with Gasteiger partial charge in [-0.2, -0.15) is 5.26 Å². The Hall–Kier alpha value is -1.12. The quantitative estimate of drug-likeness (QED) is 0.196. The second-order valence-electron chi connectivity index (χ2n) is 1.75. The molecule has 1 amide bonds. The van der Waals surface area contributed by atoms with Crippen LogP contribution in [0.3, 0.4) is 0 Å². The van der Waals surface area contributed by atoms with Crippen LogP contribution in [-0.4, -0.2) is 17.1 Å². The van der Waals surface area contributed by atoms with E-state index in [-0.39, 0.29) is 18.7 Å². The number of nitrogens with two attached hydrogens (primary N) is 1. The molecule has 1 atom stereocenters. The number of aliphatic hydroxyl groups excluding tert-OH is 1. The van der Waals surface area contributed by atoms with Crippen molar-refractivity contribution in [3.63, 3.8) is 0 Å². The Morgan fingerprint density at radius 3 is 2.90 bits per heavy atom. The predicted molar refractivity (Wildman–Crippen MR) is 33.2 cm³/mol. The number of nitriles is 1. The minimum Gasteiger partial charge on any atom is -0.378 e. The summed E-state index contributed by atoms with van der Waals surface area (Å²) in [6.45, 7) is 0. The first-order chi connectivity index (χ1) is 4.70. The summed E-state index contributed by atoms with van der Waals surface area (Å²) in [6, 6.07) is 1.58. The van der Waals surface area contributed by atoms with Crippen LogP contribution in [0, 0.1) is 11.3 Å². The van der Waals surface area contributed by atoms with Crippen LogP contribution in [0.25, 0.3) is 0 Å². The van der Waals surface area contributed by atoms with Crippen molar-refractivity contribution in [2.45, 2.75) is 18.9 Å². The first kappa shape index (κ1) is 8.88. The van der Waals surface area contributed by atoms with E-state index in [9.17, 15) is 4.79 Å². The standard InChI is InChI=1S/C5H9N3O2/c6-3-4(9)1-2-5(10)8-7/h4,9H,1-2,7H2,(H,8,10). The number of hydrogen-bond donors (Lipinski definition) is 3. The van der Waals surface area contributed by atoms with Gasteiger partial charge in [0.15, 0.2) is 0 Å². The van der Waals surface area contributed by atoms with Gasteiger partial charge in [-0.15, -0.1) is 0 Å². The molecule has 1 unspecified atom stereocenters. The highest BCUT2D eigenvalue weighted by molar-refractivity contribution is 5.75. The van der Waals surface area contributed by atoms with Gasteiger partial charge in [-0.05, 0) is 6.42 Å². The van der Waals surface area contributed by atoms with Crippen molar-refractivity contribution in [1.82, 2.24) is 5.43 Å². The van der Waals surface area contributed by atoms with Gasteiger partial charge in [-0.3, -0.25) is 10.2 Å². The van der Waals surface area contributed by atoms with Gasteiger partial charge in [0, 0.05) is 6.42 Å². The highest BCUT2D eigenvalue weighted by Gasteiger charge is 2.04. The van der Waals surface area contributed by atoms with Crippen LogP contribution in [0.2, 0.25) is 0 Å². The van der Waals surface area contributed by atoms with Crippen molar-refractivity contribution < 1.29 is 9.90 Å². The lowest BCUT2D eigenvalue weighted by Crippen LogP contribution is -2.30. The molecule has 0 aromatic heterocycles. The fraction of sp³-hybridized carbons (Fsp3) is 0.600. The molecule has 0 fully saturated rings. The predicted octanol–water partition coefficient (Wildman–Crippen LogP) is -1.36. The summed E-state index contributed by atoms with van der Waals surface area (Å²) in [7, 11) is 0. The maximum absolute atomic E-state index is 10.4. The molecule has 5 heteroatoms. The fourth-order valence-electron chi connectivity index (χ4n) is 0.405. The van der Waals surface area contributed by atoms with E-state index in [0.717, 1.165) is 0 Å². The van der Waals surface area contributed by atoms with Crippen LogP contribution < -0.4 is 11.3 Å². The summed E-state index contributed by atoms with van der Waals surface area (Å²) in [4.78, 5) is 10.4. The minimum atomic E-state index is -1.07. The third-order valence-electron chi connectivity index (χ3n) is 0.955. The van der Waals surface area contributed by atoms with Gasteiger partial charge < -0.3 is 5.11 Å². The molecule has 0 aromatic carbocycles. The molecule has 4 N–H and O–H groups in total. The van der Waals surface area contributed by atoms with Crippen molar-refractivity contribution in [2.24, 2.45) is 5.84 Å². The molecule has 0 aliphatic carbocycles. The number of nitrogens with zero attached hydrogens (tertiary/aromatic N) is 1. The molecule has 0 saturated heterocycles. The lowest BCUT2D eigenvalue weighted by atomic mass is 10.2. The van der Waals surface area contributed by atoms with Gasteiger partial charge in [0.25, 0.3) is 0 Å². The van der Waals surface area contributed by atoms with Crippen LogP contribution in [0.4, 0.5) is 0 Å². The molecule has 0 bridgehead atoms. The normalized spacial score (nSPS) is 11.7. The number of carbonyl (C=O) groups is 1. The number of rotatable bonds is 3. The Balaban J connectivity index is 3.37. The molecule has 0 spiro atoms. The van der Waals surface area contributed by atoms with Gasteiger partial charge >= 0.3 is 0 Å². The van der Waals surface area contributed by atoms with Gasteiger partial charge in [0.2, 0.25) is 5.91 Å². The molecule has 0 aromatic rings. The molecule has 0 radical (unpaired) electrons. The first-order valence-electron chi connectivity index (χ1n) is 2.78. The smallest absolute Gasteiger partial charge is 0.234 e. The lowest BCUT2D eigenvalue weighted by molar-refractivity contribution is -0.121. The molecule has 56 valence electrons. The molecule has 5 nitrogen and oxygen atoms in total. The largest absolute Gasteiger partial charge is 0.378 e. The highest BCUT2D eigenvalue weighted by atomic mass is 16.3. The van der Waals surface area contributed by atoms with E-state index < -0.39 is 6.10 Å². The summed E-state index contributed by atoms with van der Waals surface area (Å²) < 4.78 is 0. The van der Waals surface area contributed by atoms with E-state index in [1.165, 1.54) is 0 Å². The first-order valence-corrected chi connectivity index (χ1v) is 2.78. The summed E-state index contributed by atoms with van der Waals surface area (Å²) in [5.74, 6) is 4.36. The Morgan fingerprint density at radius 2 is 2.50 bits per heavy atom. The Labute approximate surface area is 58.4 Å². The van der Waals surface area contributed by atoms with Crippen LogP contribution >= 0.6 is 0 Å². The molecule has 0 rings (SSSR count). The molecule has 0 saturated carbocycles. The van der Waals surface area contributed by atoms with E-state index >= 15 is 0 Å². The van der Waals surface area contributed by atoms with Gasteiger partial charge in [0.1, 0.15) is 6.10 Å². The van der Waals surface area contributed by atoms with Gasteiger partial charge in [0.05, 0.1) is 6.07 Å². The molecular weight excluding hydrogens is 134 g/mol. The maximum atomic E-state index is 10.4. The van der Waals surface area contributed by atoms with Gasteiger partial charge in [-0.25, -0.2) is 5.84 Å². The van der Waals surface area contributed by atoms with Crippen molar-refractivity contribution in [3.8, 4) is 6.07 Å². The number of hydrogen-bond acceptors (Lipinski definition) is 4. The van der Waals surface area contributed by atoms with E-state index in [2.05, 4.69) is 0 Å². The average Bonchev–Trinajstić information content (AvgIpc) is 1.99. The second kappa shape index (κ2) is 4.73. The molecular formula is C5H9N3O2. The lowest BCUT2D eigenvalue weighted by Gasteiger charge is -1.98. The highest BCUT2D eigenvalue weighted by Crippen LogP contribution is 1.93. The number of nitrogens with one attached hydrogen (secondary N) is 1. The van der Waals surface area contributed by atoms with Crippen LogP contribution in [-0.2, 0) is 4.79 Å². The topological polar surface area (TPSA) is 99.1 Å². The van der Waals surface area contributed by atoms with Crippen molar-refractivity contribution >= 4 is 5.91 Å². The zero-order valence-corrected chi connectivity index (χ0v) is 5.37. The fourth-order valence-corrected chi connectivity index (χ4v) is 0.405. The number of amides is 1. The van der Waals surface area contributed by atoms with Crippen molar-refractivity contribution in [2.75, 3.05) is 0 Å². The minimum absolute atomic E-state index is 0.0746. The SMILES string of the molecule is N#CC(O)CCC(=O)NN. The summed E-state index contributed by atoms with van der Waals surface area (Å²) in [5.41, 5.74) is 1.88.